The summed E-state index contributed by atoms with van der Waals surface area (Å²) in [5.74, 6) is 0.870. The van der Waals surface area contributed by atoms with Gasteiger partial charge in [0.15, 0.2) is 0 Å². The molecule has 20 heavy (non-hydrogen) atoms. The molecule has 3 nitrogen and oxygen atoms in total. The molecule has 0 radical (unpaired) electrons. The molecule has 2 N–H and O–H groups in total. The maximum absolute atomic E-state index is 9.54. The Morgan fingerprint density at radius 2 is 1.85 bits per heavy atom. The van der Waals surface area contributed by atoms with Gasteiger partial charge < -0.3 is 15.2 Å². The van der Waals surface area contributed by atoms with Crippen molar-refractivity contribution in [3.63, 3.8) is 0 Å². The lowest BCUT2D eigenvalue weighted by Gasteiger charge is -2.31. The molecule has 0 aliphatic heterocycles. The van der Waals surface area contributed by atoms with Gasteiger partial charge in [0.25, 0.3) is 0 Å². The van der Waals surface area contributed by atoms with Crippen molar-refractivity contribution in [2.75, 3.05) is 20.3 Å². The maximum atomic E-state index is 9.54. The van der Waals surface area contributed by atoms with Gasteiger partial charge in [-0.1, -0.05) is 37.6 Å². The Morgan fingerprint density at radius 3 is 2.30 bits per heavy atom. The van der Waals surface area contributed by atoms with Crippen LogP contribution in [0.3, 0.4) is 0 Å². The minimum Gasteiger partial charge on any atom is -0.497 e. The van der Waals surface area contributed by atoms with Gasteiger partial charge in [-0.05, 0) is 37.5 Å². The average molecular weight is 277 g/mol. The summed E-state index contributed by atoms with van der Waals surface area (Å²) in [6, 6.07) is 8.01. The molecule has 0 saturated heterocycles. The van der Waals surface area contributed by atoms with Crippen molar-refractivity contribution in [1.29, 1.82) is 0 Å². The van der Waals surface area contributed by atoms with Crippen LogP contribution in [0.25, 0.3) is 6.08 Å². The fraction of sp³-hybridized carbons (Fsp3) is 0.529. The SMILES string of the molecule is CCC(CC)(CO)NC/C(C)=C/c1ccc(OC)cc1. The molecule has 0 fully saturated rings. The molecular weight excluding hydrogens is 250 g/mol. The third-order valence-electron chi connectivity index (χ3n) is 3.93. The van der Waals surface area contributed by atoms with Gasteiger partial charge in [-0.25, -0.2) is 0 Å². The van der Waals surface area contributed by atoms with Crippen LogP contribution >= 0.6 is 0 Å². The molecule has 0 unspecified atom stereocenters. The molecule has 1 rings (SSSR count). The summed E-state index contributed by atoms with van der Waals surface area (Å²) in [6.07, 6.45) is 4.01. The summed E-state index contributed by atoms with van der Waals surface area (Å²) in [7, 11) is 1.67. The van der Waals surface area contributed by atoms with Gasteiger partial charge in [0, 0.05) is 12.1 Å². The Labute approximate surface area is 122 Å². The topological polar surface area (TPSA) is 41.5 Å². The van der Waals surface area contributed by atoms with Gasteiger partial charge in [-0.2, -0.15) is 0 Å². The summed E-state index contributed by atoms with van der Waals surface area (Å²) >= 11 is 0. The first-order valence-electron chi connectivity index (χ1n) is 7.26. The predicted octanol–water partition coefficient (Wildman–Crippen LogP) is 3.24. The van der Waals surface area contributed by atoms with Crippen molar-refractivity contribution in [3.05, 3.63) is 35.4 Å². The van der Waals surface area contributed by atoms with E-state index < -0.39 is 0 Å². The summed E-state index contributed by atoms with van der Waals surface area (Å²) in [5, 5.41) is 13.0. The van der Waals surface area contributed by atoms with Crippen molar-refractivity contribution >= 4 is 6.08 Å². The lowest BCUT2D eigenvalue weighted by Crippen LogP contribution is -2.48. The Balaban J connectivity index is 2.65. The molecule has 0 aliphatic rings. The van der Waals surface area contributed by atoms with E-state index in [1.165, 1.54) is 5.57 Å². The third kappa shape index (κ3) is 4.66. The number of aliphatic hydroxyl groups excluding tert-OH is 1. The van der Waals surface area contributed by atoms with Crippen LogP contribution in [0.1, 0.15) is 39.2 Å². The highest BCUT2D eigenvalue weighted by molar-refractivity contribution is 5.53. The molecule has 0 atom stereocenters. The molecule has 0 heterocycles. The molecule has 1 aromatic carbocycles. The van der Waals surface area contributed by atoms with Gasteiger partial charge in [0.2, 0.25) is 0 Å². The van der Waals surface area contributed by atoms with Crippen LogP contribution in [0.2, 0.25) is 0 Å². The Bertz CT molecular complexity index is 411. The zero-order valence-electron chi connectivity index (χ0n) is 13.1. The summed E-state index contributed by atoms with van der Waals surface area (Å²) in [5.41, 5.74) is 2.25. The Hall–Kier alpha value is -1.32. The Kier molecular flexibility index (Phi) is 6.76. The molecule has 0 aliphatic carbocycles. The molecule has 3 heteroatoms. The molecule has 0 bridgehead atoms. The van der Waals surface area contributed by atoms with E-state index in [1.807, 2.05) is 24.3 Å². The smallest absolute Gasteiger partial charge is 0.118 e. The number of hydrogen-bond acceptors (Lipinski definition) is 3. The highest BCUT2D eigenvalue weighted by Gasteiger charge is 2.23. The van der Waals surface area contributed by atoms with E-state index in [0.29, 0.717) is 0 Å². The molecule has 112 valence electrons. The van der Waals surface area contributed by atoms with Crippen LogP contribution in [0.5, 0.6) is 5.75 Å². The lowest BCUT2D eigenvalue weighted by molar-refractivity contribution is 0.154. The maximum Gasteiger partial charge on any atom is 0.118 e. The fourth-order valence-electron chi connectivity index (χ4n) is 2.14. The van der Waals surface area contributed by atoms with E-state index in [9.17, 15) is 5.11 Å². The monoisotopic (exact) mass is 277 g/mol. The molecule has 0 spiro atoms. The Morgan fingerprint density at radius 1 is 1.25 bits per heavy atom. The highest BCUT2D eigenvalue weighted by Crippen LogP contribution is 2.16. The number of aliphatic hydroxyl groups is 1. The second-order valence-electron chi connectivity index (χ2n) is 5.26. The second kappa shape index (κ2) is 8.08. The van der Waals surface area contributed by atoms with E-state index in [1.54, 1.807) is 7.11 Å². The quantitative estimate of drug-likeness (QED) is 0.766. The predicted molar refractivity (Wildman–Crippen MR) is 85.0 cm³/mol. The lowest BCUT2D eigenvalue weighted by atomic mass is 9.93. The van der Waals surface area contributed by atoms with Crippen LogP contribution < -0.4 is 10.1 Å². The highest BCUT2D eigenvalue weighted by atomic mass is 16.5. The average Bonchev–Trinajstić information content (AvgIpc) is 2.50. The van der Waals surface area contributed by atoms with Crippen LogP contribution in [-0.4, -0.2) is 30.9 Å². The van der Waals surface area contributed by atoms with E-state index in [-0.39, 0.29) is 12.1 Å². The summed E-state index contributed by atoms with van der Waals surface area (Å²) in [6.45, 7) is 7.28. The van der Waals surface area contributed by atoms with Crippen LogP contribution in [0, 0.1) is 0 Å². The van der Waals surface area contributed by atoms with E-state index >= 15 is 0 Å². The van der Waals surface area contributed by atoms with Crippen LogP contribution in [0.15, 0.2) is 29.8 Å². The van der Waals surface area contributed by atoms with E-state index in [4.69, 9.17) is 4.74 Å². The van der Waals surface area contributed by atoms with Gasteiger partial charge in [-0.3, -0.25) is 0 Å². The fourth-order valence-corrected chi connectivity index (χ4v) is 2.14. The normalized spacial score (nSPS) is 12.6. The van der Waals surface area contributed by atoms with Gasteiger partial charge >= 0.3 is 0 Å². The van der Waals surface area contributed by atoms with Crippen molar-refractivity contribution in [1.82, 2.24) is 5.32 Å². The summed E-state index contributed by atoms with van der Waals surface area (Å²) in [4.78, 5) is 0. The minimum absolute atomic E-state index is 0.158. The molecule has 0 amide bonds. The number of rotatable bonds is 8. The first-order chi connectivity index (χ1) is 9.59. The zero-order chi connectivity index (χ0) is 15.0. The largest absolute Gasteiger partial charge is 0.497 e. The van der Waals surface area contributed by atoms with Crippen LogP contribution in [0.4, 0.5) is 0 Å². The summed E-state index contributed by atoms with van der Waals surface area (Å²) < 4.78 is 5.15. The van der Waals surface area contributed by atoms with Crippen molar-refractivity contribution in [3.8, 4) is 5.75 Å². The minimum atomic E-state index is -0.158. The molecule has 1 aromatic rings. The number of benzene rings is 1. The van der Waals surface area contributed by atoms with Gasteiger partial charge in [0.05, 0.1) is 13.7 Å². The number of nitrogens with one attached hydrogen (secondary N) is 1. The first-order valence-corrected chi connectivity index (χ1v) is 7.26. The van der Waals surface area contributed by atoms with Gasteiger partial charge in [0.1, 0.15) is 5.75 Å². The standard InChI is InChI=1S/C17H27NO2/c1-5-17(6-2,13-19)18-12-14(3)11-15-7-9-16(20-4)10-8-15/h7-11,18-19H,5-6,12-13H2,1-4H3/b14-11+. The number of ether oxygens (including phenoxy) is 1. The van der Waals surface area contributed by atoms with Crippen molar-refractivity contribution in [2.24, 2.45) is 0 Å². The molecular formula is C17H27NO2. The van der Waals surface area contributed by atoms with E-state index in [0.717, 1.165) is 30.7 Å². The van der Waals surface area contributed by atoms with E-state index in [2.05, 4.69) is 32.2 Å². The molecule has 0 saturated carbocycles. The second-order valence-corrected chi connectivity index (χ2v) is 5.26. The van der Waals surface area contributed by atoms with Crippen LogP contribution in [-0.2, 0) is 0 Å². The first kappa shape index (κ1) is 16.7. The zero-order valence-corrected chi connectivity index (χ0v) is 13.1. The van der Waals surface area contributed by atoms with Crippen molar-refractivity contribution in [2.45, 2.75) is 39.2 Å². The van der Waals surface area contributed by atoms with Gasteiger partial charge in [-0.15, -0.1) is 0 Å². The third-order valence-corrected chi connectivity index (χ3v) is 3.93. The van der Waals surface area contributed by atoms with Crippen molar-refractivity contribution < 1.29 is 9.84 Å². The molecule has 0 aromatic heterocycles. The number of hydrogen-bond donors (Lipinski definition) is 2. The number of methoxy groups -OCH3 is 1.